The number of nitrogen functional groups attached to an aromatic ring is 1. The fourth-order valence-electron chi connectivity index (χ4n) is 2.79. The molecule has 0 aromatic heterocycles. The van der Waals surface area contributed by atoms with E-state index in [1.807, 2.05) is 54.6 Å². The maximum atomic E-state index is 12.5. The minimum absolute atomic E-state index is 0.0585. The van der Waals surface area contributed by atoms with Gasteiger partial charge in [0.25, 0.3) is 0 Å². The van der Waals surface area contributed by atoms with E-state index >= 15 is 0 Å². The fourth-order valence-corrected chi connectivity index (χ4v) is 2.79. The third-order valence-corrected chi connectivity index (χ3v) is 4.19. The zero-order valence-corrected chi connectivity index (χ0v) is 14.2. The Morgan fingerprint density at radius 2 is 1.60 bits per heavy atom. The van der Waals surface area contributed by atoms with Gasteiger partial charge in [-0.05, 0) is 22.8 Å². The molecular formula is C22H21NO2. The largest absolute Gasteiger partial charge is 0.398 e. The van der Waals surface area contributed by atoms with Crippen LogP contribution in [0.5, 0.6) is 0 Å². The van der Waals surface area contributed by atoms with Crippen LogP contribution in [-0.2, 0) is 17.8 Å². The smallest absolute Gasteiger partial charge is 0.167 e. The van der Waals surface area contributed by atoms with Crippen molar-refractivity contribution >= 4 is 11.5 Å². The van der Waals surface area contributed by atoms with Crippen LogP contribution in [0.1, 0.15) is 21.5 Å². The molecule has 0 spiro atoms. The van der Waals surface area contributed by atoms with Crippen molar-refractivity contribution < 1.29 is 9.53 Å². The summed E-state index contributed by atoms with van der Waals surface area (Å²) in [4.78, 5) is 12.5. The van der Waals surface area contributed by atoms with Crippen LogP contribution in [0.25, 0.3) is 11.1 Å². The molecule has 0 bridgehead atoms. The number of ketones is 1. The Balaban J connectivity index is 1.72. The predicted molar refractivity (Wildman–Crippen MR) is 101 cm³/mol. The van der Waals surface area contributed by atoms with E-state index in [4.69, 9.17) is 10.5 Å². The molecule has 0 fully saturated rings. The lowest BCUT2D eigenvalue weighted by Crippen LogP contribution is -2.06. The summed E-state index contributed by atoms with van der Waals surface area (Å²) in [7, 11) is 1.62. The quantitative estimate of drug-likeness (QED) is 0.534. The van der Waals surface area contributed by atoms with Gasteiger partial charge in [-0.1, -0.05) is 66.7 Å². The number of carbonyl (C=O) groups excluding carboxylic acids is 1. The highest BCUT2D eigenvalue weighted by Gasteiger charge is 2.10. The molecule has 3 rings (SSSR count). The number of anilines is 1. The Morgan fingerprint density at radius 3 is 2.24 bits per heavy atom. The van der Waals surface area contributed by atoms with Crippen molar-refractivity contribution in [1.82, 2.24) is 0 Å². The second kappa shape index (κ2) is 7.77. The number of benzene rings is 3. The first-order valence-corrected chi connectivity index (χ1v) is 8.22. The molecule has 0 aliphatic heterocycles. The Bertz CT molecular complexity index is 855. The molecule has 0 amide bonds. The van der Waals surface area contributed by atoms with Crippen molar-refractivity contribution in [3.05, 3.63) is 89.5 Å². The molecule has 126 valence electrons. The lowest BCUT2D eigenvalue weighted by molar-refractivity contribution is 0.0993. The summed E-state index contributed by atoms with van der Waals surface area (Å²) in [5.41, 5.74) is 11.4. The molecule has 0 aliphatic rings. The van der Waals surface area contributed by atoms with Crippen LogP contribution >= 0.6 is 0 Å². The third kappa shape index (κ3) is 4.14. The lowest BCUT2D eigenvalue weighted by atomic mass is 9.98. The highest BCUT2D eigenvalue weighted by Crippen LogP contribution is 2.21. The van der Waals surface area contributed by atoms with Gasteiger partial charge in [0.1, 0.15) is 0 Å². The molecule has 2 N–H and O–H groups in total. The number of nitrogens with two attached hydrogens (primary N) is 1. The van der Waals surface area contributed by atoms with E-state index in [1.54, 1.807) is 13.2 Å². The number of methoxy groups -OCH3 is 1. The Labute approximate surface area is 148 Å². The average Bonchev–Trinajstić information content (AvgIpc) is 2.65. The van der Waals surface area contributed by atoms with Gasteiger partial charge in [-0.2, -0.15) is 0 Å². The molecule has 0 saturated carbocycles. The second-order valence-corrected chi connectivity index (χ2v) is 6.01. The molecule has 0 saturated heterocycles. The Morgan fingerprint density at radius 1 is 0.920 bits per heavy atom. The SMILES string of the molecule is COCc1ccc(C(=O)Cc2ccc(-c3ccccc3)cc2)cc1N. The molecular weight excluding hydrogens is 310 g/mol. The van der Waals surface area contributed by atoms with Gasteiger partial charge >= 0.3 is 0 Å². The van der Waals surface area contributed by atoms with Gasteiger partial charge in [-0.25, -0.2) is 0 Å². The van der Waals surface area contributed by atoms with Crippen molar-refractivity contribution in [1.29, 1.82) is 0 Å². The molecule has 0 radical (unpaired) electrons. The standard InChI is InChI=1S/C22H21NO2/c1-25-15-20-12-11-19(14-21(20)23)22(24)13-16-7-9-18(10-8-16)17-5-3-2-4-6-17/h2-12,14H,13,15,23H2,1H3. The molecule has 25 heavy (non-hydrogen) atoms. The van der Waals surface area contributed by atoms with Crippen LogP contribution in [0.2, 0.25) is 0 Å². The van der Waals surface area contributed by atoms with Crippen molar-refractivity contribution in [2.45, 2.75) is 13.0 Å². The summed E-state index contributed by atoms with van der Waals surface area (Å²) >= 11 is 0. The molecule has 3 heteroatoms. The zero-order valence-electron chi connectivity index (χ0n) is 14.2. The van der Waals surface area contributed by atoms with Gasteiger partial charge < -0.3 is 10.5 Å². The monoisotopic (exact) mass is 331 g/mol. The molecule has 3 aromatic carbocycles. The number of Topliss-reactive ketones (excluding diaryl/α,β-unsaturated/α-hetero) is 1. The maximum absolute atomic E-state index is 12.5. The lowest BCUT2D eigenvalue weighted by Gasteiger charge is -2.08. The van der Waals surface area contributed by atoms with E-state index in [2.05, 4.69) is 12.1 Å². The van der Waals surface area contributed by atoms with E-state index < -0.39 is 0 Å². The van der Waals surface area contributed by atoms with Gasteiger partial charge in [0.2, 0.25) is 0 Å². The van der Waals surface area contributed by atoms with Crippen LogP contribution in [-0.4, -0.2) is 12.9 Å². The van der Waals surface area contributed by atoms with Crippen LogP contribution in [0.3, 0.4) is 0 Å². The topological polar surface area (TPSA) is 52.3 Å². The normalized spacial score (nSPS) is 10.6. The summed E-state index contributed by atoms with van der Waals surface area (Å²) in [5.74, 6) is 0.0585. The summed E-state index contributed by atoms with van der Waals surface area (Å²) in [6.45, 7) is 0.446. The summed E-state index contributed by atoms with van der Waals surface area (Å²) < 4.78 is 5.09. The molecule has 0 unspecified atom stereocenters. The predicted octanol–water partition coefficient (Wildman–Crippen LogP) is 4.51. The summed E-state index contributed by atoms with van der Waals surface area (Å²) in [6, 6.07) is 23.7. The molecule has 0 atom stereocenters. The highest BCUT2D eigenvalue weighted by atomic mass is 16.5. The minimum atomic E-state index is 0.0585. The van der Waals surface area contributed by atoms with Gasteiger partial charge in [-0.15, -0.1) is 0 Å². The first kappa shape index (κ1) is 16.9. The highest BCUT2D eigenvalue weighted by molar-refractivity contribution is 5.98. The number of hydrogen-bond donors (Lipinski definition) is 1. The van der Waals surface area contributed by atoms with Gasteiger partial charge in [-0.3, -0.25) is 4.79 Å². The van der Waals surface area contributed by atoms with Gasteiger partial charge in [0, 0.05) is 30.3 Å². The van der Waals surface area contributed by atoms with Gasteiger partial charge in [0.05, 0.1) is 6.61 Å². The minimum Gasteiger partial charge on any atom is -0.398 e. The van der Waals surface area contributed by atoms with Crippen molar-refractivity contribution in [2.24, 2.45) is 0 Å². The first-order chi connectivity index (χ1) is 12.2. The number of carbonyl (C=O) groups is 1. The Kier molecular flexibility index (Phi) is 5.26. The van der Waals surface area contributed by atoms with E-state index in [0.29, 0.717) is 24.3 Å². The van der Waals surface area contributed by atoms with E-state index in [9.17, 15) is 4.79 Å². The van der Waals surface area contributed by atoms with Crippen molar-refractivity contribution in [3.8, 4) is 11.1 Å². The molecule has 0 heterocycles. The van der Waals surface area contributed by atoms with Crippen LogP contribution < -0.4 is 5.73 Å². The van der Waals surface area contributed by atoms with Gasteiger partial charge in [0.15, 0.2) is 5.78 Å². The summed E-state index contributed by atoms with van der Waals surface area (Å²) in [6.07, 6.45) is 0.359. The van der Waals surface area contributed by atoms with Crippen LogP contribution in [0.4, 0.5) is 5.69 Å². The van der Waals surface area contributed by atoms with Crippen molar-refractivity contribution in [2.75, 3.05) is 12.8 Å². The maximum Gasteiger partial charge on any atom is 0.167 e. The van der Waals surface area contributed by atoms with Crippen LogP contribution in [0, 0.1) is 0 Å². The third-order valence-electron chi connectivity index (χ3n) is 4.19. The number of hydrogen-bond acceptors (Lipinski definition) is 3. The Hall–Kier alpha value is -2.91. The number of rotatable bonds is 6. The summed E-state index contributed by atoms with van der Waals surface area (Å²) in [5, 5.41) is 0. The average molecular weight is 331 g/mol. The first-order valence-electron chi connectivity index (χ1n) is 8.22. The second-order valence-electron chi connectivity index (χ2n) is 6.01. The zero-order chi connectivity index (χ0) is 17.6. The van der Waals surface area contributed by atoms with E-state index in [-0.39, 0.29) is 5.78 Å². The van der Waals surface area contributed by atoms with Crippen molar-refractivity contribution in [3.63, 3.8) is 0 Å². The molecule has 3 nitrogen and oxygen atoms in total. The molecule has 0 aliphatic carbocycles. The fraction of sp³-hybridized carbons (Fsp3) is 0.136. The van der Waals surface area contributed by atoms with Crippen LogP contribution in [0.15, 0.2) is 72.8 Å². The number of ether oxygens (including phenoxy) is 1. The van der Waals surface area contributed by atoms with E-state index in [1.165, 1.54) is 5.56 Å². The van der Waals surface area contributed by atoms with E-state index in [0.717, 1.165) is 16.7 Å². The molecule has 3 aromatic rings.